The van der Waals surface area contributed by atoms with Crippen LogP contribution in [0.1, 0.15) is 12.5 Å². The summed E-state index contributed by atoms with van der Waals surface area (Å²) in [4.78, 5) is 13.7. The number of hydrogen-bond donors (Lipinski definition) is 2. The Bertz CT molecular complexity index is 582. The summed E-state index contributed by atoms with van der Waals surface area (Å²) in [6.07, 6.45) is 0.653. The van der Waals surface area contributed by atoms with Crippen molar-refractivity contribution in [1.29, 1.82) is 0 Å². The summed E-state index contributed by atoms with van der Waals surface area (Å²) in [5.74, 6) is -0.345. The number of rotatable bonds is 4. The van der Waals surface area contributed by atoms with Gasteiger partial charge in [0.25, 0.3) is 0 Å². The molecule has 100 valence electrons. The monoisotopic (exact) mass is 263 g/mol. The first-order chi connectivity index (χ1) is 8.96. The topological polar surface area (TPSA) is 101 Å². The summed E-state index contributed by atoms with van der Waals surface area (Å²) in [7, 11) is 0. The normalized spacial score (nSPS) is 14.3. The first kappa shape index (κ1) is 13.2. The molecular formula is C12H13N3O4. The predicted octanol–water partition coefficient (Wildman–Crippen LogP) is 0.865. The zero-order valence-electron chi connectivity index (χ0n) is 10.2. The lowest BCUT2D eigenvalue weighted by Gasteiger charge is -2.32. The second-order valence-corrected chi connectivity index (χ2v) is 4.28. The first-order valence-electron chi connectivity index (χ1n) is 5.56. The van der Waals surface area contributed by atoms with Crippen molar-refractivity contribution in [2.45, 2.75) is 18.8 Å². The van der Waals surface area contributed by atoms with E-state index in [0.29, 0.717) is 5.56 Å². The van der Waals surface area contributed by atoms with Crippen LogP contribution in [0, 0.1) is 10.1 Å². The van der Waals surface area contributed by atoms with Crippen molar-refractivity contribution in [2.75, 3.05) is 0 Å². The Morgan fingerprint density at radius 1 is 1.37 bits per heavy atom. The average Bonchev–Trinajstić information content (AvgIpc) is 2.88. The van der Waals surface area contributed by atoms with Gasteiger partial charge in [-0.2, -0.15) is 0 Å². The number of aliphatic hydroxyl groups is 2. The van der Waals surface area contributed by atoms with E-state index >= 15 is 0 Å². The summed E-state index contributed by atoms with van der Waals surface area (Å²) >= 11 is 0. The van der Waals surface area contributed by atoms with Gasteiger partial charge in [0, 0.05) is 0 Å². The van der Waals surface area contributed by atoms with Gasteiger partial charge in [0.2, 0.25) is 6.33 Å². The fourth-order valence-electron chi connectivity index (χ4n) is 1.87. The maximum absolute atomic E-state index is 10.7. The highest BCUT2D eigenvalue weighted by Crippen LogP contribution is 2.29. The highest BCUT2D eigenvalue weighted by Gasteiger charge is 2.37. The Labute approximate surface area is 108 Å². The Balaban J connectivity index is 2.53. The Morgan fingerprint density at radius 3 is 2.47 bits per heavy atom. The lowest BCUT2D eigenvalue weighted by Crippen LogP contribution is -2.42. The number of aromatic nitrogens is 2. The highest BCUT2D eigenvalue weighted by atomic mass is 16.6. The summed E-state index contributed by atoms with van der Waals surface area (Å²) < 4.78 is 1.32. The molecule has 0 saturated heterocycles. The van der Waals surface area contributed by atoms with E-state index in [9.17, 15) is 20.3 Å². The van der Waals surface area contributed by atoms with Crippen LogP contribution >= 0.6 is 0 Å². The van der Waals surface area contributed by atoms with Gasteiger partial charge < -0.3 is 20.3 Å². The number of aliphatic hydroxyl groups excluding tert-OH is 1. The van der Waals surface area contributed by atoms with Crippen LogP contribution in [-0.2, 0) is 5.54 Å². The third-order valence-electron chi connectivity index (χ3n) is 3.15. The van der Waals surface area contributed by atoms with Crippen LogP contribution < -0.4 is 0 Å². The lowest BCUT2D eigenvalue weighted by atomic mass is 9.91. The van der Waals surface area contributed by atoms with E-state index in [-0.39, 0.29) is 5.82 Å². The van der Waals surface area contributed by atoms with E-state index in [2.05, 4.69) is 4.98 Å². The van der Waals surface area contributed by atoms with E-state index in [4.69, 9.17) is 0 Å². The van der Waals surface area contributed by atoms with E-state index in [1.165, 1.54) is 17.1 Å². The number of nitro groups is 1. The molecule has 0 aliphatic rings. The standard InChI is InChI=1S/C12H13N3O4/c1-12(11(16)17,9-5-3-2-4-6-9)14-7-10(13-8-14)15(18)19/h2-8,11,16-17H,1H3/t12-/m1/s1. The maximum Gasteiger partial charge on any atom is 0.381 e. The SMILES string of the molecule is C[C@@](c1ccccc1)(C(O)O)n1cnc([N+](=O)[O-])c1. The fraction of sp³-hybridized carbons (Fsp3) is 0.250. The number of benzene rings is 1. The largest absolute Gasteiger partial charge is 0.381 e. The molecule has 1 atom stereocenters. The molecule has 1 aromatic heterocycles. The molecular weight excluding hydrogens is 250 g/mol. The number of hydrogen-bond acceptors (Lipinski definition) is 5. The smallest absolute Gasteiger partial charge is 0.366 e. The molecule has 0 amide bonds. The zero-order chi connectivity index (χ0) is 14.0. The molecule has 19 heavy (non-hydrogen) atoms. The van der Waals surface area contributed by atoms with Gasteiger partial charge in [-0.15, -0.1) is 0 Å². The molecule has 0 fully saturated rings. The summed E-state index contributed by atoms with van der Waals surface area (Å²) in [5.41, 5.74) is -0.639. The van der Waals surface area contributed by atoms with Crippen molar-refractivity contribution < 1.29 is 15.1 Å². The minimum Gasteiger partial charge on any atom is -0.366 e. The van der Waals surface area contributed by atoms with E-state index in [1.807, 2.05) is 0 Å². The second-order valence-electron chi connectivity index (χ2n) is 4.28. The molecule has 0 bridgehead atoms. The quantitative estimate of drug-likeness (QED) is 0.484. The summed E-state index contributed by atoms with van der Waals surface area (Å²) in [5, 5.41) is 30.0. The molecule has 7 nitrogen and oxygen atoms in total. The van der Waals surface area contributed by atoms with Crippen LogP contribution in [0.2, 0.25) is 0 Å². The second kappa shape index (κ2) is 4.79. The molecule has 2 N–H and O–H groups in total. The van der Waals surface area contributed by atoms with Gasteiger partial charge in [0.15, 0.2) is 6.29 Å². The summed E-state index contributed by atoms with van der Waals surface area (Å²) in [6, 6.07) is 8.73. The maximum atomic E-state index is 10.7. The minimum atomic E-state index is -1.73. The molecule has 1 heterocycles. The highest BCUT2D eigenvalue weighted by molar-refractivity contribution is 5.27. The average molecular weight is 263 g/mol. The fourth-order valence-corrected chi connectivity index (χ4v) is 1.87. The van der Waals surface area contributed by atoms with Gasteiger partial charge in [-0.25, -0.2) is 0 Å². The molecule has 7 heteroatoms. The molecule has 0 unspecified atom stereocenters. The van der Waals surface area contributed by atoms with E-state index in [0.717, 1.165) is 0 Å². The first-order valence-corrected chi connectivity index (χ1v) is 5.56. The Hall–Kier alpha value is -2.25. The van der Waals surface area contributed by atoms with E-state index in [1.54, 1.807) is 37.3 Å². The van der Waals surface area contributed by atoms with Gasteiger partial charge >= 0.3 is 5.82 Å². The zero-order valence-corrected chi connectivity index (χ0v) is 10.2. The van der Waals surface area contributed by atoms with Crippen LogP contribution in [-0.4, -0.2) is 31.0 Å². The van der Waals surface area contributed by atoms with Crippen LogP contribution in [0.25, 0.3) is 0 Å². The van der Waals surface area contributed by atoms with Gasteiger partial charge in [-0.3, -0.25) is 4.57 Å². The Morgan fingerprint density at radius 2 is 2.00 bits per heavy atom. The number of nitrogens with zero attached hydrogens (tertiary/aromatic N) is 3. The molecule has 0 aliphatic carbocycles. The molecule has 0 aliphatic heterocycles. The van der Waals surface area contributed by atoms with Gasteiger partial charge in [-0.05, 0) is 22.4 Å². The Kier molecular flexibility index (Phi) is 3.32. The molecule has 1 aromatic carbocycles. The van der Waals surface area contributed by atoms with Crippen LogP contribution in [0.5, 0.6) is 0 Å². The van der Waals surface area contributed by atoms with Crippen molar-refractivity contribution >= 4 is 5.82 Å². The van der Waals surface area contributed by atoms with Crippen molar-refractivity contribution in [3.63, 3.8) is 0 Å². The molecule has 2 rings (SSSR count). The molecule has 0 radical (unpaired) electrons. The third kappa shape index (κ3) is 2.20. The van der Waals surface area contributed by atoms with Gasteiger partial charge in [0.1, 0.15) is 11.7 Å². The number of imidazole rings is 1. The van der Waals surface area contributed by atoms with Crippen LogP contribution in [0.15, 0.2) is 42.9 Å². The minimum absolute atomic E-state index is 0.345. The molecule has 0 saturated carbocycles. The molecule has 0 spiro atoms. The predicted molar refractivity (Wildman–Crippen MR) is 66.3 cm³/mol. The lowest BCUT2D eigenvalue weighted by molar-refractivity contribution is -0.389. The van der Waals surface area contributed by atoms with E-state index < -0.39 is 16.8 Å². The molecule has 2 aromatic rings. The van der Waals surface area contributed by atoms with Crippen molar-refractivity contribution in [2.24, 2.45) is 0 Å². The van der Waals surface area contributed by atoms with Crippen LogP contribution in [0.4, 0.5) is 5.82 Å². The van der Waals surface area contributed by atoms with Crippen molar-refractivity contribution in [3.8, 4) is 0 Å². The van der Waals surface area contributed by atoms with Crippen molar-refractivity contribution in [3.05, 3.63) is 58.5 Å². The summed E-state index contributed by atoms with van der Waals surface area (Å²) in [6.45, 7) is 1.57. The third-order valence-corrected chi connectivity index (χ3v) is 3.15. The van der Waals surface area contributed by atoms with Gasteiger partial charge in [0.05, 0.1) is 0 Å². The van der Waals surface area contributed by atoms with Crippen molar-refractivity contribution in [1.82, 2.24) is 9.55 Å². The van der Waals surface area contributed by atoms with Gasteiger partial charge in [-0.1, -0.05) is 30.3 Å². The van der Waals surface area contributed by atoms with Crippen LogP contribution in [0.3, 0.4) is 0 Å².